The van der Waals surface area contributed by atoms with Crippen LogP contribution in [-0.4, -0.2) is 28.4 Å². The van der Waals surface area contributed by atoms with Gasteiger partial charge in [0.15, 0.2) is 0 Å². The van der Waals surface area contributed by atoms with E-state index in [1.54, 1.807) is 24.3 Å². The summed E-state index contributed by atoms with van der Waals surface area (Å²) < 4.78 is 0. The first-order valence-corrected chi connectivity index (χ1v) is 6.07. The Morgan fingerprint density at radius 2 is 1.94 bits per heavy atom. The lowest BCUT2D eigenvalue weighted by molar-refractivity contribution is -0.116. The van der Waals surface area contributed by atoms with Gasteiger partial charge in [0.25, 0.3) is 0 Å². The lowest BCUT2D eigenvalue weighted by Crippen LogP contribution is -2.29. The van der Waals surface area contributed by atoms with Gasteiger partial charge in [-0.05, 0) is 24.0 Å². The average Bonchev–Trinajstić information content (AvgIpc) is 2.27. The van der Waals surface area contributed by atoms with Crippen molar-refractivity contribution in [2.24, 2.45) is 0 Å². The van der Waals surface area contributed by atoms with Gasteiger partial charge in [-0.2, -0.15) is 0 Å². The van der Waals surface area contributed by atoms with Crippen molar-refractivity contribution in [3.8, 4) is 0 Å². The Morgan fingerprint density at radius 1 is 1.31 bits per heavy atom. The van der Waals surface area contributed by atoms with Crippen LogP contribution in [0.4, 0.5) is 5.69 Å². The molecule has 3 N–H and O–H groups in total. The molecule has 0 saturated carbocycles. The first-order valence-electron chi connectivity index (χ1n) is 4.95. The predicted molar refractivity (Wildman–Crippen MR) is 67.9 cm³/mol. The number of benzene rings is 1. The van der Waals surface area contributed by atoms with Crippen LogP contribution in [0.15, 0.2) is 24.3 Å². The third-order valence-corrected chi connectivity index (χ3v) is 2.59. The standard InChI is InChI=1S/C10H13BBrNO3/c12-7-1-2-10(14)13-9-5-3-8(4-6-9)11(15)16/h3-6,15-16H,1-2,7H2,(H,13,14). The van der Waals surface area contributed by atoms with Crippen molar-refractivity contribution < 1.29 is 14.8 Å². The molecule has 1 aromatic rings. The molecular weight excluding hydrogens is 273 g/mol. The van der Waals surface area contributed by atoms with E-state index >= 15 is 0 Å². The summed E-state index contributed by atoms with van der Waals surface area (Å²) in [5.74, 6) is -0.0447. The normalized spacial score (nSPS) is 9.94. The van der Waals surface area contributed by atoms with Crippen molar-refractivity contribution >= 4 is 40.1 Å². The zero-order valence-electron chi connectivity index (χ0n) is 8.69. The molecule has 1 amide bonds. The molecule has 0 heterocycles. The molecule has 1 aromatic carbocycles. The average molecular weight is 286 g/mol. The van der Waals surface area contributed by atoms with Gasteiger partial charge in [0.2, 0.25) is 5.91 Å². The van der Waals surface area contributed by atoms with Crippen LogP contribution in [0.5, 0.6) is 0 Å². The number of hydrogen-bond acceptors (Lipinski definition) is 3. The number of alkyl halides is 1. The lowest BCUT2D eigenvalue weighted by Gasteiger charge is -2.05. The summed E-state index contributed by atoms with van der Waals surface area (Å²) in [5.41, 5.74) is 1.06. The van der Waals surface area contributed by atoms with Gasteiger partial charge in [-0.3, -0.25) is 4.79 Å². The lowest BCUT2D eigenvalue weighted by atomic mass is 9.80. The Morgan fingerprint density at radius 3 is 2.44 bits per heavy atom. The molecule has 0 atom stereocenters. The molecule has 1 rings (SSSR count). The van der Waals surface area contributed by atoms with Crippen LogP contribution in [0.1, 0.15) is 12.8 Å². The fourth-order valence-electron chi connectivity index (χ4n) is 1.19. The van der Waals surface area contributed by atoms with E-state index in [-0.39, 0.29) is 5.91 Å². The Hall–Kier alpha value is -0.845. The van der Waals surface area contributed by atoms with E-state index in [0.29, 0.717) is 17.6 Å². The zero-order chi connectivity index (χ0) is 12.0. The van der Waals surface area contributed by atoms with Crippen LogP contribution in [0.25, 0.3) is 0 Å². The van der Waals surface area contributed by atoms with Gasteiger partial charge in [-0.1, -0.05) is 28.1 Å². The molecule has 0 radical (unpaired) electrons. The topological polar surface area (TPSA) is 69.6 Å². The highest BCUT2D eigenvalue weighted by atomic mass is 79.9. The Kier molecular flexibility index (Phi) is 5.52. The summed E-state index contributed by atoms with van der Waals surface area (Å²) in [6.45, 7) is 0. The molecule has 0 aliphatic rings. The van der Waals surface area contributed by atoms with Crippen LogP contribution in [-0.2, 0) is 4.79 Å². The third kappa shape index (κ3) is 4.34. The summed E-state index contributed by atoms with van der Waals surface area (Å²) >= 11 is 3.25. The maximum atomic E-state index is 11.4. The Labute approximate surface area is 103 Å². The van der Waals surface area contributed by atoms with Crippen molar-refractivity contribution in [1.82, 2.24) is 0 Å². The Balaban J connectivity index is 2.51. The number of carbonyl (C=O) groups is 1. The predicted octanol–water partition coefficient (Wildman–Crippen LogP) is 0.480. The molecule has 0 aliphatic heterocycles. The Bertz CT molecular complexity index is 342. The van der Waals surface area contributed by atoms with Gasteiger partial charge >= 0.3 is 7.12 Å². The highest BCUT2D eigenvalue weighted by Gasteiger charge is 2.10. The molecule has 0 fully saturated rings. The van der Waals surface area contributed by atoms with Gasteiger partial charge in [-0.25, -0.2) is 0 Å². The van der Waals surface area contributed by atoms with Gasteiger partial charge in [0, 0.05) is 17.4 Å². The van der Waals surface area contributed by atoms with Crippen LogP contribution in [0.3, 0.4) is 0 Å². The van der Waals surface area contributed by atoms with E-state index in [0.717, 1.165) is 11.8 Å². The van der Waals surface area contributed by atoms with Crippen LogP contribution < -0.4 is 10.8 Å². The van der Waals surface area contributed by atoms with Gasteiger partial charge in [0.05, 0.1) is 0 Å². The quantitative estimate of drug-likeness (QED) is 0.544. The SMILES string of the molecule is O=C(CCCBr)Nc1ccc(B(O)O)cc1. The van der Waals surface area contributed by atoms with E-state index in [2.05, 4.69) is 21.2 Å². The molecule has 0 unspecified atom stereocenters. The first-order chi connectivity index (χ1) is 7.63. The molecule has 6 heteroatoms. The molecule has 0 saturated heterocycles. The maximum absolute atomic E-state index is 11.4. The number of carbonyl (C=O) groups excluding carboxylic acids is 1. The van der Waals surface area contributed by atoms with Crippen LogP contribution in [0.2, 0.25) is 0 Å². The molecule has 0 aliphatic carbocycles. The van der Waals surface area contributed by atoms with Crippen LogP contribution >= 0.6 is 15.9 Å². The molecule has 86 valence electrons. The molecule has 0 spiro atoms. The van der Waals surface area contributed by atoms with Crippen molar-refractivity contribution in [2.45, 2.75) is 12.8 Å². The molecule has 4 nitrogen and oxygen atoms in total. The first kappa shape index (κ1) is 13.2. The van der Waals surface area contributed by atoms with E-state index < -0.39 is 7.12 Å². The van der Waals surface area contributed by atoms with Crippen molar-refractivity contribution in [3.05, 3.63) is 24.3 Å². The third-order valence-electron chi connectivity index (χ3n) is 2.03. The minimum Gasteiger partial charge on any atom is -0.423 e. The highest BCUT2D eigenvalue weighted by molar-refractivity contribution is 9.09. The number of rotatable bonds is 5. The maximum Gasteiger partial charge on any atom is 0.488 e. The van der Waals surface area contributed by atoms with E-state index in [1.165, 1.54) is 0 Å². The number of anilines is 1. The fourth-order valence-corrected chi connectivity index (χ4v) is 1.47. The number of nitrogens with one attached hydrogen (secondary N) is 1. The molecule has 16 heavy (non-hydrogen) atoms. The second kappa shape index (κ2) is 6.68. The summed E-state index contributed by atoms with van der Waals surface area (Å²) in [5, 5.41) is 21.3. The number of hydrogen-bond donors (Lipinski definition) is 3. The largest absolute Gasteiger partial charge is 0.488 e. The second-order valence-corrected chi connectivity index (χ2v) is 4.13. The van der Waals surface area contributed by atoms with Crippen molar-refractivity contribution in [1.29, 1.82) is 0 Å². The smallest absolute Gasteiger partial charge is 0.423 e. The number of amides is 1. The summed E-state index contributed by atoms with van der Waals surface area (Å²) in [7, 11) is -1.47. The zero-order valence-corrected chi connectivity index (χ0v) is 10.3. The molecule has 0 aromatic heterocycles. The minimum atomic E-state index is -1.47. The summed E-state index contributed by atoms with van der Waals surface area (Å²) in [6.07, 6.45) is 1.26. The fraction of sp³-hybridized carbons (Fsp3) is 0.300. The van der Waals surface area contributed by atoms with E-state index in [4.69, 9.17) is 10.0 Å². The summed E-state index contributed by atoms with van der Waals surface area (Å²) in [6, 6.07) is 6.40. The van der Waals surface area contributed by atoms with Crippen LogP contribution in [0, 0.1) is 0 Å². The van der Waals surface area contributed by atoms with E-state index in [1.807, 2.05) is 0 Å². The monoisotopic (exact) mass is 285 g/mol. The second-order valence-electron chi connectivity index (χ2n) is 3.34. The summed E-state index contributed by atoms with van der Waals surface area (Å²) in [4.78, 5) is 11.4. The molecular formula is C10H13BBrNO3. The van der Waals surface area contributed by atoms with E-state index in [9.17, 15) is 4.79 Å². The number of halogens is 1. The van der Waals surface area contributed by atoms with Gasteiger partial charge in [0.1, 0.15) is 0 Å². The molecule has 0 bridgehead atoms. The van der Waals surface area contributed by atoms with Crippen molar-refractivity contribution in [3.63, 3.8) is 0 Å². The van der Waals surface area contributed by atoms with Gasteiger partial charge < -0.3 is 15.4 Å². The minimum absolute atomic E-state index is 0.0447. The van der Waals surface area contributed by atoms with Crippen molar-refractivity contribution in [2.75, 3.05) is 10.6 Å². The highest BCUT2D eigenvalue weighted by Crippen LogP contribution is 2.06. The van der Waals surface area contributed by atoms with Gasteiger partial charge in [-0.15, -0.1) is 0 Å².